The fourth-order valence-corrected chi connectivity index (χ4v) is 1.78. The van der Waals surface area contributed by atoms with Crippen molar-refractivity contribution < 1.29 is 9.90 Å². The van der Waals surface area contributed by atoms with Gasteiger partial charge < -0.3 is 5.11 Å². The van der Waals surface area contributed by atoms with Crippen molar-refractivity contribution >= 4 is 17.6 Å². The topological polar surface area (TPSA) is 80.9 Å². The summed E-state index contributed by atoms with van der Waals surface area (Å²) in [6.07, 6.45) is -0.0402. The molecule has 1 N–H and O–H groups in total. The van der Waals surface area contributed by atoms with Gasteiger partial charge in [0, 0.05) is 5.56 Å². The van der Waals surface area contributed by atoms with Gasteiger partial charge in [-0.25, -0.2) is 4.68 Å². The zero-order valence-electron chi connectivity index (χ0n) is 9.67. The van der Waals surface area contributed by atoms with E-state index in [1.54, 1.807) is 6.07 Å². The fourth-order valence-electron chi connectivity index (χ4n) is 1.57. The quantitative estimate of drug-likeness (QED) is 0.912. The lowest BCUT2D eigenvalue weighted by Crippen LogP contribution is -2.08. The number of aryl methyl sites for hydroxylation is 2. The van der Waals surface area contributed by atoms with E-state index in [1.165, 1.54) is 4.68 Å². The van der Waals surface area contributed by atoms with Crippen LogP contribution in [-0.2, 0) is 11.3 Å². The molecular formula is C11H11ClN4O2. The van der Waals surface area contributed by atoms with E-state index in [4.69, 9.17) is 16.7 Å². The molecule has 2 rings (SSSR count). The van der Waals surface area contributed by atoms with E-state index in [9.17, 15) is 4.79 Å². The van der Waals surface area contributed by atoms with Crippen LogP contribution < -0.4 is 0 Å². The van der Waals surface area contributed by atoms with E-state index in [0.29, 0.717) is 16.4 Å². The number of aromatic nitrogens is 4. The Morgan fingerprint density at radius 1 is 1.50 bits per heavy atom. The second-order valence-electron chi connectivity index (χ2n) is 3.81. The van der Waals surface area contributed by atoms with E-state index in [0.717, 1.165) is 5.56 Å². The smallest absolute Gasteiger partial charge is 0.305 e. The first-order valence-electron chi connectivity index (χ1n) is 5.33. The summed E-state index contributed by atoms with van der Waals surface area (Å²) in [4.78, 5) is 10.6. The average molecular weight is 267 g/mol. The standard InChI is InChI=1S/C11H11ClN4O2/c1-7-3-2-4-8(10(7)12)11-13-14-15-16(11)6-5-9(17)18/h2-4H,5-6H2,1H3,(H,17,18). The Morgan fingerprint density at radius 3 is 3.00 bits per heavy atom. The van der Waals surface area contributed by atoms with Crippen LogP contribution in [0.2, 0.25) is 5.02 Å². The second-order valence-corrected chi connectivity index (χ2v) is 4.18. The zero-order valence-corrected chi connectivity index (χ0v) is 10.4. The van der Waals surface area contributed by atoms with Crippen molar-refractivity contribution in [1.82, 2.24) is 20.2 Å². The number of carboxylic acids is 1. The molecule has 7 heteroatoms. The van der Waals surface area contributed by atoms with E-state index in [2.05, 4.69) is 15.5 Å². The summed E-state index contributed by atoms with van der Waals surface area (Å²) < 4.78 is 1.44. The SMILES string of the molecule is Cc1cccc(-c2nnnn2CCC(=O)O)c1Cl. The molecule has 0 radical (unpaired) electrons. The third-order valence-electron chi connectivity index (χ3n) is 2.50. The number of benzene rings is 1. The van der Waals surface area contributed by atoms with Crippen molar-refractivity contribution in [2.24, 2.45) is 0 Å². The van der Waals surface area contributed by atoms with Crippen LogP contribution in [-0.4, -0.2) is 31.3 Å². The van der Waals surface area contributed by atoms with E-state index < -0.39 is 5.97 Å². The molecular weight excluding hydrogens is 256 g/mol. The van der Waals surface area contributed by atoms with Crippen LogP contribution in [0.25, 0.3) is 11.4 Å². The highest BCUT2D eigenvalue weighted by Crippen LogP contribution is 2.28. The Balaban J connectivity index is 2.36. The van der Waals surface area contributed by atoms with Gasteiger partial charge in [0.25, 0.3) is 0 Å². The van der Waals surface area contributed by atoms with Crippen LogP contribution in [0.3, 0.4) is 0 Å². The highest BCUT2D eigenvalue weighted by molar-refractivity contribution is 6.33. The summed E-state index contributed by atoms with van der Waals surface area (Å²) in [5.41, 5.74) is 1.62. The summed E-state index contributed by atoms with van der Waals surface area (Å²) in [5.74, 6) is -0.420. The van der Waals surface area contributed by atoms with Crippen molar-refractivity contribution in [2.45, 2.75) is 19.9 Å². The van der Waals surface area contributed by atoms with Crippen molar-refractivity contribution in [3.8, 4) is 11.4 Å². The van der Waals surface area contributed by atoms with Gasteiger partial charge in [0.2, 0.25) is 0 Å². The van der Waals surface area contributed by atoms with Gasteiger partial charge in [-0.2, -0.15) is 0 Å². The van der Waals surface area contributed by atoms with Crippen LogP contribution in [0.5, 0.6) is 0 Å². The Hall–Kier alpha value is -1.95. The van der Waals surface area contributed by atoms with Gasteiger partial charge in [-0.05, 0) is 29.0 Å². The number of rotatable bonds is 4. The molecule has 1 aromatic carbocycles. The number of aliphatic carboxylic acids is 1. The molecule has 0 unspecified atom stereocenters. The third kappa shape index (κ3) is 2.48. The lowest BCUT2D eigenvalue weighted by Gasteiger charge is -2.06. The van der Waals surface area contributed by atoms with Gasteiger partial charge in [0.05, 0.1) is 18.0 Å². The lowest BCUT2D eigenvalue weighted by molar-refractivity contribution is -0.137. The number of tetrazole rings is 1. The van der Waals surface area contributed by atoms with Gasteiger partial charge in [-0.1, -0.05) is 23.7 Å². The summed E-state index contributed by atoms with van der Waals surface area (Å²) in [6.45, 7) is 2.10. The molecule has 6 nitrogen and oxygen atoms in total. The number of hydrogen-bond acceptors (Lipinski definition) is 4. The monoisotopic (exact) mass is 266 g/mol. The minimum atomic E-state index is -0.896. The van der Waals surface area contributed by atoms with Crippen molar-refractivity contribution in [2.75, 3.05) is 0 Å². The molecule has 0 atom stereocenters. The number of halogens is 1. The first-order chi connectivity index (χ1) is 8.59. The maximum absolute atomic E-state index is 10.6. The molecule has 0 spiro atoms. The van der Waals surface area contributed by atoms with Crippen molar-refractivity contribution in [3.05, 3.63) is 28.8 Å². The molecule has 94 valence electrons. The largest absolute Gasteiger partial charge is 0.481 e. The molecule has 0 aliphatic heterocycles. The van der Waals surface area contributed by atoms with Crippen LogP contribution >= 0.6 is 11.6 Å². The van der Waals surface area contributed by atoms with Crippen LogP contribution in [0.1, 0.15) is 12.0 Å². The van der Waals surface area contributed by atoms with E-state index in [1.807, 2.05) is 19.1 Å². The molecule has 0 amide bonds. The maximum Gasteiger partial charge on any atom is 0.305 e. The van der Waals surface area contributed by atoms with Gasteiger partial charge in [0.1, 0.15) is 0 Å². The predicted octanol–water partition coefficient (Wildman–Crippen LogP) is 1.78. The average Bonchev–Trinajstić information content (AvgIpc) is 2.78. The summed E-state index contributed by atoms with van der Waals surface area (Å²) in [5, 5.41) is 20.5. The van der Waals surface area contributed by atoms with E-state index in [-0.39, 0.29) is 13.0 Å². The van der Waals surface area contributed by atoms with Gasteiger partial charge in [0.15, 0.2) is 5.82 Å². The van der Waals surface area contributed by atoms with Gasteiger partial charge >= 0.3 is 5.97 Å². The maximum atomic E-state index is 10.6. The molecule has 0 bridgehead atoms. The molecule has 2 aromatic rings. The Labute approximate surface area is 108 Å². The van der Waals surface area contributed by atoms with Crippen molar-refractivity contribution in [1.29, 1.82) is 0 Å². The summed E-state index contributed by atoms with van der Waals surface area (Å²) in [6, 6.07) is 5.54. The molecule has 0 aliphatic carbocycles. The Bertz CT molecular complexity index is 582. The zero-order chi connectivity index (χ0) is 13.1. The highest BCUT2D eigenvalue weighted by atomic mass is 35.5. The number of carbonyl (C=O) groups is 1. The predicted molar refractivity (Wildman–Crippen MR) is 65.3 cm³/mol. The normalized spacial score (nSPS) is 10.6. The van der Waals surface area contributed by atoms with Crippen LogP contribution in [0.4, 0.5) is 0 Å². The molecule has 0 aliphatic rings. The van der Waals surface area contributed by atoms with Gasteiger partial charge in [-0.3, -0.25) is 4.79 Å². The van der Waals surface area contributed by atoms with Crippen LogP contribution in [0, 0.1) is 6.92 Å². The van der Waals surface area contributed by atoms with Gasteiger partial charge in [-0.15, -0.1) is 5.10 Å². The second kappa shape index (κ2) is 5.14. The minimum Gasteiger partial charge on any atom is -0.481 e. The lowest BCUT2D eigenvalue weighted by atomic mass is 10.1. The van der Waals surface area contributed by atoms with E-state index >= 15 is 0 Å². The first-order valence-corrected chi connectivity index (χ1v) is 5.71. The highest BCUT2D eigenvalue weighted by Gasteiger charge is 2.14. The Kier molecular flexibility index (Phi) is 3.57. The Morgan fingerprint density at radius 2 is 2.28 bits per heavy atom. The molecule has 0 saturated carbocycles. The van der Waals surface area contributed by atoms with Crippen LogP contribution in [0.15, 0.2) is 18.2 Å². The summed E-state index contributed by atoms with van der Waals surface area (Å²) >= 11 is 6.19. The molecule has 18 heavy (non-hydrogen) atoms. The molecule has 0 fully saturated rings. The summed E-state index contributed by atoms with van der Waals surface area (Å²) in [7, 11) is 0. The van der Waals surface area contributed by atoms with Crippen molar-refractivity contribution in [3.63, 3.8) is 0 Å². The third-order valence-corrected chi connectivity index (χ3v) is 3.00. The number of hydrogen-bond donors (Lipinski definition) is 1. The number of carboxylic acid groups (broad SMARTS) is 1. The first kappa shape index (κ1) is 12.5. The molecule has 0 saturated heterocycles. The molecule has 1 aromatic heterocycles. The fraction of sp³-hybridized carbons (Fsp3) is 0.273. The minimum absolute atomic E-state index is 0.0402. The number of nitrogens with zero attached hydrogens (tertiary/aromatic N) is 4. The molecule has 1 heterocycles.